The summed E-state index contributed by atoms with van der Waals surface area (Å²) in [6, 6.07) is 7.16. The summed E-state index contributed by atoms with van der Waals surface area (Å²) in [6.45, 7) is 0. The van der Waals surface area contributed by atoms with Crippen molar-refractivity contribution in [3.63, 3.8) is 0 Å². The van der Waals surface area contributed by atoms with Gasteiger partial charge in [-0.1, -0.05) is 11.3 Å². The van der Waals surface area contributed by atoms with E-state index >= 15 is 0 Å². The average Bonchev–Trinajstić information content (AvgIpc) is 3.01. The minimum absolute atomic E-state index is 0.159. The first-order chi connectivity index (χ1) is 9.65. The predicted molar refractivity (Wildman–Crippen MR) is 78.3 cm³/mol. The minimum atomic E-state index is -0.194. The normalized spacial score (nSPS) is 12.9. The molecule has 3 rings (SSSR count). The van der Waals surface area contributed by atoms with E-state index in [2.05, 4.69) is 21.7 Å². The summed E-state index contributed by atoms with van der Waals surface area (Å²) in [4.78, 5) is 1.18. The van der Waals surface area contributed by atoms with Crippen molar-refractivity contribution in [2.45, 2.75) is 12.5 Å². The lowest BCUT2D eigenvalue weighted by molar-refractivity contribution is 0.593. The maximum Gasteiger partial charge on any atom is 0.124 e. The molecular weight excluding hydrogens is 275 g/mol. The summed E-state index contributed by atoms with van der Waals surface area (Å²) in [5, 5.41) is 12.4. The Labute approximate surface area is 120 Å². The van der Waals surface area contributed by atoms with Crippen LogP contribution in [0.25, 0.3) is 10.1 Å². The van der Waals surface area contributed by atoms with Gasteiger partial charge in [-0.2, -0.15) is 0 Å². The van der Waals surface area contributed by atoms with E-state index in [4.69, 9.17) is 0 Å². The molecule has 4 nitrogen and oxygen atoms in total. The highest BCUT2D eigenvalue weighted by Gasteiger charge is 2.15. The predicted octanol–water partition coefficient (Wildman–Crippen LogP) is 2.67. The summed E-state index contributed by atoms with van der Waals surface area (Å²) in [5.41, 5.74) is 0.940. The standard InChI is InChI=1S/C14H15FN4S/c1-16-12(7-11-8-19(2)18-17-11)14-5-9-3-4-10(15)6-13(9)20-14/h3-6,8,12,16H,7H2,1-2H3. The van der Waals surface area contributed by atoms with E-state index in [0.717, 1.165) is 22.2 Å². The Morgan fingerprint density at radius 2 is 2.25 bits per heavy atom. The third-order valence-electron chi connectivity index (χ3n) is 3.26. The molecule has 0 amide bonds. The van der Waals surface area contributed by atoms with Crippen molar-refractivity contribution in [3.05, 3.63) is 46.9 Å². The van der Waals surface area contributed by atoms with Crippen LogP contribution in [0.5, 0.6) is 0 Å². The molecule has 2 heterocycles. The van der Waals surface area contributed by atoms with Crippen LogP contribution in [0.15, 0.2) is 30.5 Å². The molecule has 0 fully saturated rings. The number of nitrogens with zero attached hydrogens (tertiary/aromatic N) is 3. The summed E-state index contributed by atoms with van der Waals surface area (Å²) < 4.78 is 15.9. The molecule has 1 N–H and O–H groups in total. The van der Waals surface area contributed by atoms with Crippen LogP contribution in [-0.2, 0) is 13.5 Å². The van der Waals surface area contributed by atoms with Crippen molar-refractivity contribution < 1.29 is 4.39 Å². The number of rotatable bonds is 4. The van der Waals surface area contributed by atoms with Crippen LogP contribution in [0.3, 0.4) is 0 Å². The van der Waals surface area contributed by atoms with Crippen LogP contribution >= 0.6 is 11.3 Å². The molecule has 0 spiro atoms. The number of aromatic nitrogens is 3. The summed E-state index contributed by atoms with van der Waals surface area (Å²) in [6.07, 6.45) is 2.68. The second-order valence-electron chi connectivity index (χ2n) is 4.76. The number of nitrogens with one attached hydrogen (secondary N) is 1. The quantitative estimate of drug-likeness (QED) is 0.803. The van der Waals surface area contributed by atoms with Gasteiger partial charge in [0.15, 0.2) is 0 Å². The fourth-order valence-corrected chi connectivity index (χ4v) is 3.44. The monoisotopic (exact) mass is 290 g/mol. The summed E-state index contributed by atoms with van der Waals surface area (Å²) >= 11 is 1.61. The Bertz CT molecular complexity index is 734. The SMILES string of the molecule is CNC(Cc1cn(C)nn1)c1cc2ccc(F)cc2s1. The molecule has 1 atom stereocenters. The van der Waals surface area contributed by atoms with Gasteiger partial charge in [0.2, 0.25) is 0 Å². The number of fused-ring (bicyclic) bond motifs is 1. The van der Waals surface area contributed by atoms with E-state index in [-0.39, 0.29) is 11.9 Å². The molecule has 20 heavy (non-hydrogen) atoms. The van der Waals surface area contributed by atoms with Crippen LogP contribution < -0.4 is 5.32 Å². The molecule has 104 valence electrons. The molecule has 0 aliphatic heterocycles. The van der Waals surface area contributed by atoms with Gasteiger partial charge in [-0.25, -0.2) is 4.39 Å². The number of thiophene rings is 1. The maximum atomic E-state index is 13.2. The van der Waals surface area contributed by atoms with E-state index < -0.39 is 0 Å². The van der Waals surface area contributed by atoms with Gasteiger partial charge >= 0.3 is 0 Å². The van der Waals surface area contributed by atoms with Crippen LogP contribution in [0, 0.1) is 5.82 Å². The second kappa shape index (κ2) is 5.30. The first-order valence-corrected chi connectivity index (χ1v) is 7.19. The molecule has 0 aliphatic carbocycles. The number of aryl methyl sites for hydroxylation is 1. The second-order valence-corrected chi connectivity index (χ2v) is 5.88. The Balaban J connectivity index is 1.90. The lowest BCUT2D eigenvalue weighted by Crippen LogP contribution is -2.17. The third kappa shape index (κ3) is 2.57. The van der Waals surface area contributed by atoms with Gasteiger partial charge in [0.05, 0.1) is 5.69 Å². The topological polar surface area (TPSA) is 42.7 Å². The van der Waals surface area contributed by atoms with Gasteiger partial charge in [0.1, 0.15) is 5.82 Å². The number of hydrogen-bond acceptors (Lipinski definition) is 4. The van der Waals surface area contributed by atoms with Crippen LogP contribution in [-0.4, -0.2) is 22.0 Å². The van der Waals surface area contributed by atoms with Gasteiger partial charge in [0.25, 0.3) is 0 Å². The van der Waals surface area contributed by atoms with E-state index in [1.807, 2.05) is 26.4 Å². The van der Waals surface area contributed by atoms with Crippen molar-refractivity contribution >= 4 is 21.4 Å². The number of hydrogen-bond donors (Lipinski definition) is 1. The molecule has 0 bridgehead atoms. The fourth-order valence-electron chi connectivity index (χ4n) is 2.24. The molecule has 0 aliphatic rings. The van der Waals surface area contributed by atoms with Gasteiger partial charge < -0.3 is 5.32 Å². The molecule has 6 heteroatoms. The summed E-state index contributed by atoms with van der Waals surface area (Å²) in [5.74, 6) is -0.194. The zero-order valence-corrected chi connectivity index (χ0v) is 12.1. The highest BCUT2D eigenvalue weighted by Crippen LogP contribution is 2.31. The maximum absolute atomic E-state index is 13.2. The largest absolute Gasteiger partial charge is 0.312 e. The Hall–Kier alpha value is -1.79. The molecule has 2 aromatic heterocycles. The Morgan fingerprint density at radius 3 is 2.95 bits per heavy atom. The van der Waals surface area contributed by atoms with E-state index in [9.17, 15) is 4.39 Å². The van der Waals surface area contributed by atoms with E-state index in [1.54, 1.807) is 22.1 Å². The molecular formula is C14H15FN4S. The molecule has 1 aromatic carbocycles. The van der Waals surface area contributed by atoms with Crippen molar-refractivity contribution in [2.75, 3.05) is 7.05 Å². The first-order valence-electron chi connectivity index (χ1n) is 6.37. The van der Waals surface area contributed by atoms with Crippen LogP contribution in [0.1, 0.15) is 16.6 Å². The number of halogens is 1. The van der Waals surface area contributed by atoms with Crippen molar-refractivity contribution in [2.24, 2.45) is 7.05 Å². The lowest BCUT2D eigenvalue weighted by atomic mass is 10.1. The molecule has 0 radical (unpaired) electrons. The van der Waals surface area contributed by atoms with Crippen molar-refractivity contribution in [3.8, 4) is 0 Å². The van der Waals surface area contributed by atoms with Gasteiger partial charge in [0, 0.05) is 35.3 Å². The van der Waals surface area contributed by atoms with Gasteiger partial charge in [-0.15, -0.1) is 16.4 Å². The zero-order valence-electron chi connectivity index (χ0n) is 11.3. The number of likely N-dealkylation sites (N-methyl/N-ethyl adjacent to an activating group) is 1. The Morgan fingerprint density at radius 1 is 1.40 bits per heavy atom. The molecule has 0 saturated heterocycles. The van der Waals surface area contributed by atoms with Gasteiger partial charge in [-0.05, 0) is 30.6 Å². The fraction of sp³-hybridized carbons (Fsp3) is 0.286. The molecule has 3 aromatic rings. The summed E-state index contributed by atoms with van der Waals surface area (Å²) in [7, 11) is 3.78. The van der Waals surface area contributed by atoms with Gasteiger partial charge in [-0.3, -0.25) is 4.68 Å². The Kier molecular flexibility index (Phi) is 3.50. The smallest absolute Gasteiger partial charge is 0.124 e. The highest BCUT2D eigenvalue weighted by atomic mass is 32.1. The van der Waals surface area contributed by atoms with E-state index in [0.29, 0.717) is 0 Å². The van der Waals surface area contributed by atoms with E-state index in [1.165, 1.54) is 10.9 Å². The highest BCUT2D eigenvalue weighted by molar-refractivity contribution is 7.19. The molecule has 0 saturated carbocycles. The number of benzene rings is 1. The first kappa shape index (κ1) is 13.2. The zero-order chi connectivity index (χ0) is 14.1. The minimum Gasteiger partial charge on any atom is -0.312 e. The van der Waals surface area contributed by atoms with Crippen LogP contribution in [0.4, 0.5) is 4.39 Å². The molecule has 1 unspecified atom stereocenters. The average molecular weight is 290 g/mol. The van der Waals surface area contributed by atoms with Crippen molar-refractivity contribution in [1.82, 2.24) is 20.3 Å². The van der Waals surface area contributed by atoms with Crippen molar-refractivity contribution in [1.29, 1.82) is 0 Å². The van der Waals surface area contributed by atoms with Crippen LogP contribution in [0.2, 0.25) is 0 Å². The lowest BCUT2D eigenvalue weighted by Gasteiger charge is -2.12. The third-order valence-corrected chi connectivity index (χ3v) is 4.47.